The highest BCUT2D eigenvalue weighted by Crippen LogP contribution is 2.13. The molecule has 0 saturated heterocycles. The topological polar surface area (TPSA) is 37.4 Å². The summed E-state index contributed by atoms with van der Waals surface area (Å²) in [6, 6.07) is 3.84. The van der Waals surface area contributed by atoms with Gasteiger partial charge in [0.25, 0.3) is 0 Å². The van der Waals surface area contributed by atoms with E-state index in [0.717, 1.165) is 4.88 Å². The fourth-order valence-electron chi connectivity index (χ4n) is 1.11. The molecular weight excluding hydrogens is 254 g/mol. The molecule has 6 heteroatoms. The molecule has 0 aromatic carbocycles. The Morgan fingerprint density at radius 1 is 1.53 bits per heavy atom. The van der Waals surface area contributed by atoms with Crippen molar-refractivity contribution in [3.05, 3.63) is 22.4 Å². The normalized spacial score (nSPS) is 12.2. The molecule has 0 N–H and O–H groups in total. The first-order chi connectivity index (χ1) is 7.06. The highest BCUT2D eigenvalue weighted by atomic mass is 35.5. The van der Waals surface area contributed by atoms with E-state index < -0.39 is 10.0 Å². The Morgan fingerprint density at radius 2 is 2.27 bits per heavy atom. The molecule has 15 heavy (non-hydrogen) atoms. The van der Waals surface area contributed by atoms with Crippen LogP contribution in [0.3, 0.4) is 0 Å². The van der Waals surface area contributed by atoms with Gasteiger partial charge in [0.05, 0.1) is 5.75 Å². The number of hydrogen-bond acceptors (Lipinski definition) is 3. The molecule has 1 rings (SSSR count). The summed E-state index contributed by atoms with van der Waals surface area (Å²) in [4.78, 5) is 1.05. The smallest absolute Gasteiger partial charge is 0.212 e. The Hall–Kier alpha value is -0.100. The standard InChI is InChI=1S/C9H14ClNO2S2/c1-11(8-9-4-2-6-14-9)15(12,13)7-3-5-10/h2,4,6H,3,5,7-8H2,1H3. The molecule has 0 bridgehead atoms. The van der Waals surface area contributed by atoms with Crippen LogP contribution in [0.25, 0.3) is 0 Å². The highest BCUT2D eigenvalue weighted by molar-refractivity contribution is 7.89. The minimum atomic E-state index is -3.14. The van der Waals surface area contributed by atoms with Gasteiger partial charge < -0.3 is 0 Å². The van der Waals surface area contributed by atoms with E-state index in [2.05, 4.69) is 0 Å². The number of thiophene rings is 1. The predicted molar refractivity (Wildman–Crippen MR) is 64.9 cm³/mol. The Labute approximate surface area is 99.7 Å². The number of rotatable bonds is 6. The average molecular weight is 268 g/mol. The van der Waals surface area contributed by atoms with Crippen molar-refractivity contribution in [1.82, 2.24) is 4.31 Å². The van der Waals surface area contributed by atoms with Crippen molar-refractivity contribution in [2.75, 3.05) is 18.7 Å². The Kier molecular flexibility index (Phi) is 5.05. The van der Waals surface area contributed by atoms with E-state index in [4.69, 9.17) is 11.6 Å². The summed E-state index contributed by atoms with van der Waals surface area (Å²) >= 11 is 7.03. The monoisotopic (exact) mass is 267 g/mol. The SMILES string of the molecule is CN(Cc1cccs1)S(=O)(=O)CCCCl. The predicted octanol–water partition coefficient (Wildman–Crippen LogP) is 2.14. The van der Waals surface area contributed by atoms with Gasteiger partial charge in [0, 0.05) is 24.3 Å². The molecule has 0 spiro atoms. The van der Waals surface area contributed by atoms with Crippen molar-refractivity contribution in [2.45, 2.75) is 13.0 Å². The molecule has 1 aromatic heterocycles. The van der Waals surface area contributed by atoms with Gasteiger partial charge in [-0.05, 0) is 17.9 Å². The maximum atomic E-state index is 11.7. The molecule has 1 aromatic rings. The van der Waals surface area contributed by atoms with Gasteiger partial charge in [-0.2, -0.15) is 4.31 Å². The maximum absolute atomic E-state index is 11.7. The Morgan fingerprint density at radius 3 is 2.80 bits per heavy atom. The molecule has 0 fully saturated rings. The zero-order valence-corrected chi connectivity index (χ0v) is 10.9. The molecule has 0 atom stereocenters. The van der Waals surface area contributed by atoms with Crippen molar-refractivity contribution in [2.24, 2.45) is 0 Å². The summed E-state index contributed by atoms with van der Waals surface area (Å²) in [5.41, 5.74) is 0. The lowest BCUT2D eigenvalue weighted by Gasteiger charge is -2.15. The van der Waals surface area contributed by atoms with Gasteiger partial charge >= 0.3 is 0 Å². The Balaban J connectivity index is 2.56. The number of alkyl halides is 1. The van der Waals surface area contributed by atoms with Crippen molar-refractivity contribution < 1.29 is 8.42 Å². The first-order valence-corrected chi connectivity index (χ1v) is 7.61. The average Bonchev–Trinajstić information content (AvgIpc) is 2.67. The molecule has 86 valence electrons. The van der Waals surface area contributed by atoms with Gasteiger partial charge in [0.15, 0.2) is 0 Å². The van der Waals surface area contributed by atoms with Crippen LogP contribution in [0.15, 0.2) is 17.5 Å². The summed E-state index contributed by atoms with van der Waals surface area (Å²) in [6.45, 7) is 0.447. The molecule has 0 aliphatic carbocycles. The molecule has 1 heterocycles. The lowest BCUT2D eigenvalue weighted by molar-refractivity contribution is 0.469. The summed E-state index contributed by atoms with van der Waals surface area (Å²) in [6.07, 6.45) is 0.499. The lowest BCUT2D eigenvalue weighted by Crippen LogP contribution is -2.28. The minimum Gasteiger partial charge on any atom is -0.212 e. The maximum Gasteiger partial charge on any atom is 0.214 e. The van der Waals surface area contributed by atoms with Crippen LogP contribution in [0, 0.1) is 0 Å². The largest absolute Gasteiger partial charge is 0.214 e. The third-order valence-electron chi connectivity index (χ3n) is 1.97. The van der Waals surface area contributed by atoms with Crippen LogP contribution in [-0.2, 0) is 16.6 Å². The molecule has 0 radical (unpaired) electrons. The van der Waals surface area contributed by atoms with Gasteiger partial charge in [-0.25, -0.2) is 8.42 Å². The van der Waals surface area contributed by atoms with Crippen LogP contribution < -0.4 is 0 Å². The Bertz CT molecular complexity index is 375. The number of halogens is 1. The van der Waals surface area contributed by atoms with Crippen molar-refractivity contribution >= 4 is 33.0 Å². The van der Waals surface area contributed by atoms with Crippen LogP contribution in [-0.4, -0.2) is 31.4 Å². The van der Waals surface area contributed by atoms with E-state index in [9.17, 15) is 8.42 Å². The highest BCUT2D eigenvalue weighted by Gasteiger charge is 2.17. The molecule has 0 amide bonds. The van der Waals surface area contributed by atoms with Crippen LogP contribution in [0.4, 0.5) is 0 Å². The van der Waals surface area contributed by atoms with Gasteiger partial charge in [-0.15, -0.1) is 22.9 Å². The van der Waals surface area contributed by atoms with E-state index in [0.29, 0.717) is 18.8 Å². The molecule has 0 aliphatic rings. The third-order valence-corrected chi connectivity index (χ3v) is 4.98. The zero-order valence-electron chi connectivity index (χ0n) is 8.52. The second-order valence-corrected chi connectivity index (χ2v) is 6.80. The third kappa shape index (κ3) is 4.10. The van der Waals surface area contributed by atoms with Crippen LogP contribution in [0.2, 0.25) is 0 Å². The number of hydrogen-bond donors (Lipinski definition) is 0. The van der Waals surface area contributed by atoms with E-state index >= 15 is 0 Å². The minimum absolute atomic E-state index is 0.123. The molecule has 3 nitrogen and oxygen atoms in total. The van der Waals surface area contributed by atoms with Crippen molar-refractivity contribution in [3.63, 3.8) is 0 Å². The first kappa shape index (κ1) is 13.0. The molecular formula is C9H14ClNO2S2. The van der Waals surface area contributed by atoms with Crippen molar-refractivity contribution in [1.29, 1.82) is 0 Å². The van der Waals surface area contributed by atoms with Crippen LogP contribution >= 0.6 is 22.9 Å². The molecule has 0 saturated carbocycles. The molecule has 0 aliphatic heterocycles. The summed E-state index contributed by atoms with van der Waals surface area (Å²) in [5.74, 6) is 0.504. The summed E-state index contributed by atoms with van der Waals surface area (Å²) in [5, 5.41) is 1.94. The van der Waals surface area contributed by atoms with E-state index in [-0.39, 0.29) is 5.75 Å². The second-order valence-electron chi connectivity index (χ2n) is 3.19. The summed E-state index contributed by atoms with van der Waals surface area (Å²) < 4.78 is 24.8. The van der Waals surface area contributed by atoms with Gasteiger partial charge in [0.2, 0.25) is 10.0 Å². The second kappa shape index (κ2) is 5.84. The quantitative estimate of drug-likeness (QED) is 0.741. The van der Waals surface area contributed by atoms with Crippen LogP contribution in [0.1, 0.15) is 11.3 Å². The number of sulfonamides is 1. The number of nitrogens with zero attached hydrogens (tertiary/aromatic N) is 1. The lowest BCUT2D eigenvalue weighted by atomic mass is 10.5. The zero-order chi connectivity index (χ0) is 11.3. The van der Waals surface area contributed by atoms with Gasteiger partial charge in [0.1, 0.15) is 0 Å². The molecule has 0 unspecified atom stereocenters. The van der Waals surface area contributed by atoms with E-state index in [1.54, 1.807) is 18.4 Å². The first-order valence-electron chi connectivity index (χ1n) is 4.58. The fraction of sp³-hybridized carbons (Fsp3) is 0.556. The van der Waals surface area contributed by atoms with Crippen molar-refractivity contribution in [3.8, 4) is 0 Å². The van der Waals surface area contributed by atoms with Gasteiger partial charge in [-0.3, -0.25) is 0 Å². The van der Waals surface area contributed by atoms with Gasteiger partial charge in [-0.1, -0.05) is 6.07 Å². The summed E-state index contributed by atoms with van der Waals surface area (Å²) in [7, 11) is -1.54. The van der Waals surface area contributed by atoms with E-state index in [1.807, 2.05) is 17.5 Å². The fourth-order valence-corrected chi connectivity index (χ4v) is 3.40. The van der Waals surface area contributed by atoms with Crippen LogP contribution in [0.5, 0.6) is 0 Å². The van der Waals surface area contributed by atoms with E-state index in [1.165, 1.54) is 4.31 Å².